The molecule has 2 unspecified atom stereocenters. The van der Waals surface area contributed by atoms with Gasteiger partial charge in [-0.2, -0.15) is 0 Å². The Hall–Kier alpha value is -1.30. The number of nitrogens with zero attached hydrogens (tertiary/aromatic N) is 1. The van der Waals surface area contributed by atoms with Crippen molar-refractivity contribution >= 4 is 46.9 Å². The zero-order valence-corrected chi connectivity index (χ0v) is 13.9. The Balaban J connectivity index is 0.00000176. The van der Waals surface area contributed by atoms with E-state index in [1.165, 1.54) is 0 Å². The minimum absolute atomic E-state index is 0. The number of benzene rings is 1. The number of aromatic amines is 1. The molecule has 2 aromatic rings. The quantitative estimate of drug-likeness (QED) is 0.780. The van der Waals surface area contributed by atoms with Crippen LogP contribution in [-0.2, 0) is 4.79 Å². The van der Waals surface area contributed by atoms with E-state index >= 15 is 0 Å². The van der Waals surface area contributed by atoms with Crippen LogP contribution in [-0.4, -0.2) is 21.4 Å². The second-order valence-electron chi connectivity index (χ2n) is 6.01. The molecule has 1 aliphatic rings. The Bertz CT molecular complexity index is 683. The van der Waals surface area contributed by atoms with Crippen LogP contribution in [0.1, 0.15) is 32.6 Å². The number of nitrogens with two attached hydrogens (primary N) is 1. The zero-order valence-electron chi connectivity index (χ0n) is 12.4. The SMILES string of the molecule is CC1(N)CCCCC1C(=O)Nc1nc2c(Cl)cccc2[nH]1.Cl. The third kappa shape index (κ3) is 3.21. The summed E-state index contributed by atoms with van der Waals surface area (Å²) in [7, 11) is 0. The highest BCUT2D eigenvalue weighted by Crippen LogP contribution is 2.32. The van der Waals surface area contributed by atoms with Crippen LogP contribution < -0.4 is 11.1 Å². The van der Waals surface area contributed by atoms with Gasteiger partial charge in [-0.1, -0.05) is 30.5 Å². The van der Waals surface area contributed by atoms with E-state index in [4.69, 9.17) is 17.3 Å². The predicted molar refractivity (Wildman–Crippen MR) is 91.5 cm³/mol. The highest BCUT2D eigenvalue weighted by atomic mass is 35.5. The number of halogens is 2. The minimum Gasteiger partial charge on any atom is -0.325 e. The summed E-state index contributed by atoms with van der Waals surface area (Å²) in [5.74, 6) is 0.161. The summed E-state index contributed by atoms with van der Waals surface area (Å²) in [6, 6.07) is 5.48. The highest BCUT2D eigenvalue weighted by Gasteiger charge is 2.38. The van der Waals surface area contributed by atoms with E-state index in [1.54, 1.807) is 6.07 Å². The number of aromatic nitrogens is 2. The van der Waals surface area contributed by atoms with E-state index in [0.717, 1.165) is 31.2 Å². The maximum absolute atomic E-state index is 12.5. The Kier molecular flexibility index (Phi) is 5.00. The summed E-state index contributed by atoms with van der Waals surface area (Å²) >= 11 is 6.09. The van der Waals surface area contributed by atoms with Gasteiger partial charge in [0.05, 0.1) is 16.5 Å². The first-order valence-electron chi connectivity index (χ1n) is 7.21. The third-order valence-electron chi connectivity index (χ3n) is 4.28. The topological polar surface area (TPSA) is 83.8 Å². The van der Waals surface area contributed by atoms with E-state index in [9.17, 15) is 4.79 Å². The lowest BCUT2D eigenvalue weighted by molar-refractivity contribution is -0.122. The summed E-state index contributed by atoms with van der Waals surface area (Å²) < 4.78 is 0. The molecule has 0 radical (unpaired) electrons. The molecule has 1 saturated carbocycles. The Morgan fingerprint density at radius 3 is 2.95 bits per heavy atom. The normalized spacial score (nSPS) is 24.8. The van der Waals surface area contributed by atoms with Crippen molar-refractivity contribution in [2.24, 2.45) is 11.7 Å². The van der Waals surface area contributed by atoms with Gasteiger partial charge in [-0.05, 0) is 31.9 Å². The van der Waals surface area contributed by atoms with Gasteiger partial charge in [0, 0.05) is 5.54 Å². The zero-order chi connectivity index (χ0) is 15.0. The molecule has 1 amide bonds. The number of carbonyl (C=O) groups excluding carboxylic acids is 1. The predicted octanol–water partition coefficient (Wildman–Crippen LogP) is 3.48. The van der Waals surface area contributed by atoms with Crippen LogP contribution in [0.4, 0.5) is 5.95 Å². The molecule has 1 heterocycles. The first kappa shape index (κ1) is 17.1. The lowest BCUT2D eigenvalue weighted by atomic mass is 9.74. The number of fused-ring (bicyclic) bond motifs is 1. The molecule has 5 nitrogen and oxygen atoms in total. The second kappa shape index (κ2) is 6.44. The number of amides is 1. The smallest absolute Gasteiger partial charge is 0.231 e. The molecule has 0 spiro atoms. The van der Waals surface area contributed by atoms with E-state index in [0.29, 0.717) is 16.5 Å². The van der Waals surface area contributed by atoms with E-state index < -0.39 is 5.54 Å². The second-order valence-corrected chi connectivity index (χ2v) is 6.42. The molecule has 0 bridgehead atoms. The van der Waals surface area contributed by atoms with Gasteiger partial charge in [-0.3, -0.25) is 10.1 Å². The van der Waals surface area contributed by atoms with E-state index in [1.807, 2.05) is 19.1 Å². The molecule has 2 atom stereocenters. The standard InChI is InChI=1S/C15H19ClN4O.ClH/c1-15(17)8-3-2-5-9(15)13(21)20-14-18-11-7-4-6-10(16)12(11)19-14;/h4,6-7,9H,2-3,5,8,17H2,1H3,(H2,18,19,20,21);1H. The van der Waals surface area contributed by atoms with Crippen LogP contribution >= 0.6 is 24.0 Å². The fraction of sp³-hybridized carbons (Fsp3) is 0.467. The van der Waals surface area contributed by atoms with Crippen molar-refractivity contribution < 1.29 is 4.79 Å². The van der Waals surface area contributed by atoms with E-state index in [2.05, 4.69) is 15.3 Å². The number of imidazole rings is 1. The molecule has 22 heavy (non-hydrogen) atoms. The molecule has 0 saturated heterocycles. The number of hydrogen-bond acceptors (Lipinski definition) is 3. The minimum atomic E-state index is -0.452. The maximum atomic E-state index is 12.5. The first-order chi connectivity index (χ1) is 9.97. The Morgan fingerprint density at radius 1 is 1.50 bits per heavy atom. The lowest BCUT2D eigenvalue weighted by Gasteiger charge is -2.36. The van der Waals surface area contributed by atoms with Gasteiger partial charge in [0.15, 0.2) is 0 Å². The van der Waals surface area contributed by atoms with Crippen LogP contribution in [0.3, 0.4) is 0 Å². The van der Waals surface area contributed by atoms with Crippen LogP contribution in [0.25, 0.3) is 11.0 Å². The number of rotatable bonds is 2. The van der Waals surface area contributed by atoms with Crippen LogP contribution in [0.5, 0.6) is 0 Å². The third-order valence-corrected chi connectivity index (χ3v) is 4.58. The molecule has 1 aromatic heterocycles. The van der Waals surface area contributed by atoms with Crippen molar-refractivity contribution in [1.82, 2.24) is 9.97 Å². The Labute approximate surface area is 140 Å². The molecule has 1 aliphatic carbocycles. The van der Waals surface area contributed by atoms with Gasteiger partial charge in [-0.25, -0.2) is 4.98 Å². The van der Waals surface area contributed by atoms with Gasteiger partial charge in [0.2, 0.25) is 11.9 Å². The molecule has 0 aliphatic heterocycles. The number of H-pyrrole nitrogens is 1. The van der Waals surface area contributed by atoms with Crippen molar-refractivity contribution in [3.63, 3.8) is 0 Å². The Morgan fingerprint density at radius 2 is 2.27 bits per heavy atom. The fourth-order valence-corrected chi connectivity index (χ4v) is 3.27. The average Bonchev–Trinajstić information content (AvgIpc) is 2.82. The van der Waals surface area contributed by atoms with Crippen LogP contribution in [0, 0.1) is 5.92 Å². The summed E-state index contributed by atoms with van der Waals surface area (Å²) in [5, 5.41) is 3.40. The van der Waals surface area contributed by atoms with Gasteiger partial charge in [0.25, 0.3) is 0 Å². The van der Waals surface area contributed by atoms with Gasteiger partial charge >= 0.3 is 0 Å². The highest BCUT2D eigenvalue weighted by molar-refractivity contribution is 6.35. The monoisotopic (exact) mass is 342 g/mol. The average molecular weight is 343 g/mol. The summed E-state index contributed by atoms with van der Waals surface area (Å²) in [4.78, 5) is 19.9. The summed E-state index contributed by atoms with van der Waals surface area (Å²) in [6.45, 7) is 1.95. The number of carbonyl (C=O) groups is 1. The van der Waals surface area contributed by atoms with Crippen LogP contribution in [0.2, 0.25) is 5.02 Å². The van der Waals surface area contributed by atoms with Gasteiger partial charge in [-0.15, -0.1) is 12.4 Å². The largest absolute Gasteiger partial charge is 0.325 e. The van der Waals surface area contributed by atoms with Crippen molar-refractivity contribution in [3.8, 4) is 0 Å². The number of hydrogen-bond donors (Lipinski definition) is 3. The molecular weight excluding hydrogens is 323 g/mol. The van der Waals surface area contributed by atoms with Crippen molar-refractivity contribution in [2.45, 2.75) is 38.1 Å². The number of para-hydroxylation sites is 1. The molecule has 7 heteroatoms. The molecule has 3 rings (SSSR count). The first-order valence-corrected chi connectivity index (χ1v) is 7.59. The molecule has 1 fully saturated rings. The van der Waals surface area contributed by atoms with Crippen molar-refractivity contribution in [3.05, 3.63) is 23.2 Å². The van der Waals surface area contributed by atoms with Crippen molar-refractivity contribution in [1.29, 1.82) is 0 Å². The molecule has 120 valence electrons. The van der Waals surface area contributed by atoms with Gasteiger partial charge < -0.3 is 10.7 Å². The van der Waals surface area contributed by atoms with Gasteiger partial charge in [0.1, 0.15) is 5.52 Å². The number of nitrogens with one attached hydrogen (secondary N) is 2. The molecule has 4 N–H and O–H groups in total. The lowest BCUT2D eigenvalue weighted by Crippen LogP contribution is -2.51. The molecular formula is C15H20Cl2N4O. The number of anilines is 1. The van der Waals surface area contributed by atoms with E-state index in [-0.39, 0.29) is 24.2 Å². The summed E-state index contributed by atoms with van der Waals surface area (Å²) in [5.41, 5.74) is 7.27. The summed E-state index contributed by atoms with van der Waals surface area (Å²) in [6.07, 6.45) is 3.81. The van der Waals surface area contributed by atoms with Crippen LogP contribution in [0.15, 0.2) is 18.2 Å². The molecule has 1 aromatic carbocycles. The fourth-order valence-electron chi connectivity index (χ4n) is 3.05. The van der Waals surface area contributed by atoms with Crippen molar-refractivity contribution in [2.75, 3.05) is 5.32 Å². The maximum Gasteiger partial charge on any atom is 0.231 e.